The Labute approximate surface area is 121 Å². The molecule has 0 aliphatic rings. The van der Waals surface area contributed by atoms with Crippen LogP contribution in [0.15, 0.2) is 53.0 Å². The third-order valence-electron chi connectivity index (χ3n) is 2.72. The molecule has 2 aromatic rings. The van der Waals surface area contributed by atoms with Crippen molar-refractivity contribution < 1.29 is 4.79 Å². The molecule has 0 heterocycles. The number of rotatable bonds is 3. The first-order valence-corrected chi connectivity index (χ1v) is 6.70. The monoisotopic (exact) mass is 318 g/mol. The number of benzene rings is 2. The molecule has 2 aromatic carbocycles. The van der Waals surface area contributed by atoms with Crippen molar-refractivity contribution in [3.05, 3.63) is 58.6 Å². The van der Waals surface area contributed by atoms with Crippen molar-refractivity contribution >= 4 is 33.2 Å². The highest BCUT2D eigenvalue weighted by atomic mass is 79.9. The molecular formula is C15H15BrN2O. The molecule has 98 valence electrons. The molecule has 0 radical (unpaired) electrons. The van der Waals surface area contributed by atoms with Gasteiger partial charge in [0.15, 0.2) is 0 Å². The molecular weight excluding hydrogens is 304 g/mol. The number of nitrogens with one attached hydrogen (secondary N) is 1. The van der Waals surface area contributed by atoms with E-state index in [1.54, 1.807) is 12.1 Å². The van der Waals surface area contributed by atoms with Gasteiger partial charge in [0.05, 0.1) is 11.4 Å². The second-order valence-corrected chi connectivity index (χ2v) is 5.29. The first-order valence-electron chi connectivity index (χ1n) is 5.91. The Morgan fingerprint density at radius 3 is 2.42 bits per heavy atom. The van der Waals surface area contributed by atoms with Gasteiger partial charge in [0.2, 0.25) is 0 Å². The highest BCUT2D eigenvalue weighted by Gasteiger charge is 2.10. The number of hydrogen-bond acceptors (Lipinski definition) is 2. The number of hydrogen-bond donors (Lipinski definition) is 1. The fourth-order valence-corrected chi connectivity index (χ4v) is 2.14. The van der Waals surface area contributed by atoms with Crippen molar-refractivity contribution in [1.82, 2.24) is 0 Å². The predicted octanol–water partition coefficient (Wildman–Crippen LogP) is 3.77. The minimum atomic E-state index is -0.109. The minimum Gasteiger partial charge on any atom is -0.376 e. The Morgan fingerprint density at radius 1 is 1.11 bits per heavy atom. The average Bonchev–Trinajstić information content (AvgIpc) is 2.39. The van der Waals surface area contributed by atoms with E-state index in [2.05, 4.69) is 21.2 Å². The predicted molar refractivity (Wildman–Crippen MR) is 82.9 cm³/mol. The Kier molecular flexibility index (Phi) is 4.22. The normalized spacial score (nSPS) is 10.1. The first-order chi connectivity index (χ1) is 9.08. The van der Waals surface area contributed by atoms with Crippen molar-refractivity contribution in [3.63, 3.8) is 0 Å². The van der Waals surface area contributed by atoms with Gasteiger partial charge in [0, 0.05) is 24.1 Å². The van der Waals surface area contributed by atoms with Crippen LogP contribution in [-0.2, 0) is 0 Å². The molecule has 0 spiro atoms. The quantitative estimate of drug-likeness (QED) is 0.934. The number of nitrogens with zero attached hydrogens (tertiary/aromatic N) is 1. The summed E-state index contributed by atoms with van der Waals surface area (Å²) < 4.78 is 0.932. The zero-order valence-corrected chi connectivity index (χ0v) is 12.4. The molecule has 0 fully saturated rings. The lowest BCUT2D eigenvalue weighted by atomic mass is 10.2. The number of amides is 1. The van der Waals surface area contributed by atoms with E-state index in [0.717, 1.165) is 15.8 Å². The van der Waals surface area contributed by atoms with Gasteiger partial charge in [-0.05, 0) is 30.3 Å². The van der Waals surface area contributed by atoms with Crippen LogP contribution < -0.4 is 10.2 Å². The van der Waals surface area contributed by atoms with Crippen molar-refractivity contribution in [2.24, 2.45) is 0 Å². The van der Waals surface area contributed by atoms with E-state index in [9.17, 15) is 4.79 Å². The number of halogens is 1. The lowest BCUT2D eigenvalue weighted by molar-refractivity contribution is 0.102. The molecule has 0 aliphatic carbocycles. The summed E-state index contributed by atoms with van der Waals surface area (Å²) in [5, 5.41) is 2.94. The second kappa shape index (κ2) is 5.89. The van der Waals surface area contributed by atoms with Gasteiger partial charge in [-0.1, -0.05) is 34.1 Å². The van der Waals surface area contributed by atoms with Gasteiger partial charge in [0.25, 0.3) is 5.91 Å². The molecule has 0 bridgehead atoms. The van der Waals surface area contributed by atoms with E-state index < -0.39 is 0 Å². The number of anilines is 2. The third kappa shape index (κ3) is 3.35. The third-order valence-corrected chi connectivity index (χ3v) is 3.22. The minimum absolute atomic E-state index is 0.109. The molecule has 0 saturated carbocycles. The van der Waals surface area contributed by atoms with Crippen molar-refractivity contribution in [3.8, 4) is 0 Å². The standard InChI is InChI=1S/C15H15BrN2O/c1-18(2)14-9-8-12(16)10-13(14)17-15(19)11-6-4-3-5-7-11/h3-10H,1-2H3,(H,17,19). The van der Waals surface area contributed by atoms with Crippen LogP contribution >= 0.6 is 15.9 Å². The lowest BCUT2D eigenvalue weighted by Gasteiger charge is -2.18. The molecule has 2 rings (SSSR count). The van der Waals surface area contributed by atoms with Crippen LogP contribution in [-0.4, -0.2) is 20.0 Å². The van der Waals surface area contributed by atoms with E-state index in [1.165, 1.54) is 0 Å². The second-order valence-electron chi connectivity index (χ2n) is 4.38. The van der Waals surface area contributed by atoms with Gasteiger partial charge in [-0.25, -0.2) is 0 Å². The molecule has 0 atom stereocenters. The molecule has 19 heavy (non-hydrogen) atoms. The Hall–Kier alpha value is -1.81. The van der Waals surface area contributed by atoms with Gasteiger partial charge >= 0.3 is 0 Å². The van der Waals surface area contributed by atoms with Crippen LogP contribution in [0, 0.1) is 0 Å². The highest BCUT2D eigenvalue weighted by Crippen LogP contribution is 2.28. The van der Waals surface area contributed by atoms with E-state index in [0.29, 0.717) is 5.56 Å². The molecule has 3 nitrogen and oxygen atoms in total. The van der Waals surface area contributed by atoms with Gasteiger partial charge in [0.1, 0.15) is 0 Å². The summed E-state index contributed by atoms with van der Waals surface area (Å²) in [4.78, 5) is 14.1. The molecule has 0 aromatic heterocycles. The SMILES string of the molecule is CN(C)c1ccc(Br)cc1NC(=O)c1ccccc1. The number of carbonyl (C=O) groups excluding carboxylic acids is 1. The van der Waals surface area contributed by atoms with E-state index in [-0.39, 0.29) is 5.91 Å². The van der Waals surface area contributed by atoms with Gasteiger partial charge in [-0.3, -0.25) is 4.79 Å². The summed E-state index contributed by atoms with van der Waals surface area (Å²) in [6.07, 6.45) is 0. The maximum Gasteiger partial charge on any atom is 0.255 e. The molecule has 4 heteroatoms. The van der Waals surface area contributed by atoms with E-state index in [4.69, 9.17) is 0 Å². The summed E-state index contributed by atoms with van der Waals surface area (Å²) in [7, 11) is 3.89. The average molecular weight is 319 g/mol. The molecule has 0 saturated heterocycles. The topological polar surface area (TPSA) is 32.3 Å². The van der Waals surface area contributed by atoms with E-state index in [1.807, 2.05) is 55.4 Å². The van der Waals surface area contributed by atoms with Crippen molar-refractivity contribution in [2.45, 2.75) is 0 Å². The summed E-state index contributed by atoms with van der Waals surface area (Å²) in [6, 6.07) is 15.0. The number of carbonyl (C=O) groups is 1. The van der Waals surface area contributed by atoms with Crippen molar-refractivity contribution in [2.75, 3.05) is 24.3 Å². The van der Waals surface area contributed by atoms with Gasteiger partial charge < -0.3 is 10.2 Å². The summed E-state index contributed by atoms with van der Waals surface area (Å²) in [5.41, 5.74) is 2.40. The fraction of sp³-hybridized carbons (Fsp3) is 0.133. The smallest absolute Gasteiger partial charge is 0.255 e. The van der Waals surface area contributed by atoms with Crippen LogP contribution in [0.2, 0.25) is 0 Å². The summed E-state index contributed by atoms with van der Waals surface area (Å²) >= 11 is 3.42. The van der Waals surface area contributed by atoms with Crippen LogP contribution in [0.4, 0.5) is 11.4 Å². The molecule has 1 N–H and O–H groups in total. The maximum atomic E-state index is 12.2. The lowest BCUT2D eigenvalue weighted by Crippen LogP contribution is -2.16. The van der Waals surface area contributed by atoms with Crippen LogP contribution in [0.3, 0.4) is 0 Å². The maximum absolute atomic E-state index is 12.2. The zero-order valence-electron chi connectivity index (χ0n) is 10.9. The van der Waals surface area contributed by atoms with Crippen LogP contribution in [0.5, 0.6) is 0 Å². The molecule has 0 unspecified atom stereocenters. The first kappa shape index (κ1) is 13.6. The van der Waals surface area contributed by atoms with E-state index >= 15 is 0 Å². The van der Waals surface area contributed by atoms with Crippen molar-refractivity contribution in [1.29, 1.82) is 0 Å². The Bertz CT molecular complexity index is 582. The molecule has 1 amide bonds. The Balaban J connectivity index is 2.28. The summed E-state index contributed by atoms with van der Waals surface area (Å²) in [6.45, 7) is 0. The fourth-order valence-electron chi connectivity index (χ4n) is 1.78. The van der Waals surface area contributed by atoms with Gasteiger partial charge in [-0.15, -0.1) is 0 Å². The van der Waals surface area contributed by atoms with Gasteiger partial charge in [-0.2, -0.15) is 0 Å². The molecule has 0 aliphatic heterocycles. The largest absolute Gasteiger partial charge is 0.376 e. The Morgan fingerprint density at radius 2 is 1.79 bits per heavy atom. The van der Waals surface area contributed by atoms with Crippen LogP contribution in [0.1, 0.15) is 10.4 Å². The highest BCUT2D eigenvalue weighted by molar-refractivity contribution is 9.10. The zero-order chi connectivity index (χ0) is 13.8. The summed E-state index contributed by atoms with van der Waals surface area (Å²) in [5.74, 6) is -0.109. The van der Waals surface area contributed by atoms with Crippen LogP contribution in [0.25, 0.3) is 0 Å².